The van der Waals surface area contributed by atoms with Gasteiger partial charge < -0.3 is 9.64 Å². The average Bonchev–Trinajstić information content (AvgIpc) is 2.54. The van der Waals surface area contributed by atoms with E-state index in [0.29, 0.717) is 18.2 Å². The van der Waals surface area contributed by atoms with Crippen molar-refractivity contribution >= 4 is 5.91 Å². The number of rotatable bonds is 2. The summed E-state index contributed by atoms with van der Waals surface area (Å²) in [6.07, 6.45) is 2.76. The Morgan fingerprint density at radius 1 is 1.05 bits per heavy atom. The molecule has 0 N–H and O–H groups in total. The molecule has 1 amide bonds. The highest BCUT2D eigenvalue weighted by Crippen LogP contribution is 2.22. The van der Waals surface area contributed by atoms with Crippen LogP contribution in [0.1, 0.15) is 37.0 Å². The zero-order valence-electron chi connectivity index (χ0n) is 13.6. The zero-order valence-corrected chi connectivity index (χ0v) is 13.6. The van der Waals surface area contributed by atoms with E-state index in [4.69, 9.17) is 4.74 Å². The summed E-state index contributed by atoms with van der Waals surface area (Å²) in [6.45, 7) is 8.05. The van der Waals surface area contributed by atoms with E-state index in [1.54, 1.807) is 0 Å². The van der Waals surface area contributed by atoms with Gasteiger partial charge in [-0.1, -0.05) is 18.2 Å². The molecule has 2 fully saturated rings. The molecular weight excluding hydrogens is 276 g/mol. The molecule has 2 aliphatic heterocycles. The van der Waals surface area contributed by atoms with E-state index in [-0.39, 0.29) is 5.91 Å². The van der Waals surface area contributed by atoms with Crippen LogP contribution in [-0.4, -0.2) is 60.1 Å². The van der Waals surface area contributed by atoms with Crippen molar-refractivity contribution < 1.29 is 9.53 Å². The van der Waals surface area contributed by atoms with Gasteiger partial charge in [-0.2, -0.15) is 0 Å². The molecule has 2 aliphatic rings. The zero-order chi connectivity index (χ0) is 15.5. The lowest BCUT2D eigenvalue weighted by Crippen LogP contribution is -2.53. The van der Waals surface area contributed by atoms with Crippen LogP contribution >= 0.6 is 0 Å². The Labute approximate surface area is 133 Å². The van der Waals surface area contributed by atoms with Crippen LogP contribution in [0.4, 0.5) is 0 Å². The Morgan fingerprint density at radius 3 is 2.23 bits per heavy atom. The molecule has 2 heterocycles. The van der Waals surface area contributed by atoms with Crippen molar-refractivity contribution in [3.8, 4) is 0 Å². The molecule has 0 aromatic heterocycles. The molecule has 0 spiro atoms. The molecule has 3 rings (SSSR count). The minimum atomic E-state index is 0.169. The van der Waals surface area contributed by atoms with Gasteiger partial charge in [-0.3, -0.25) is 9.69 Å². The predicted octanol–water partition coefficient (Wildman–Crippen LogP) is 2.40. The number of hydrogen-bond donors (Lipinski definition) is 0. The predicted molar refractivity (Wildman–Crippen MR) is 86.9 cm³/mol. The quantitative estimate of drug-likeness (QED) is 0.841. The van der Waals surface area contributed by atoms with Crippen molar-refractivity contribution in [2.24, 2.45) is 0 Å². The summed E-state index contributed by atoms with van der Waals surface area (Å²) in [4.78, 5) is 17.0. The number of nitrogens with zero attached hydrogens (tertiary/aromatic N) is 2. The molecule has 0 bridgehead atoms. The molecule has 120 valence electrons. The van der Waals surface area contributed by atoms with Crippen molar-refractivity contribution in [2.45, 2.75) is 44.9 Å². The third-order valence-electron chi connectivity index (χ3n) is 4.74. The van der Waals surface area contributed by atoms with Crippen molar-refractivity contribution in [3.05, 3.63) is 35.9 Å². The summed E-state index contributed by atoms with van der Waals surface area (Å²) in [6, 6.07) is 10.2. The Balaban J connectivity index is 1.55. The van der Waals surface area contributed by atoms with E-state index in [1.807, 2.05) is 35.2 Å². The molecule has 0 aliphatic carbocycles. The van der Waals surface area contributed by atoms with Crippen LogP contribution in [0.5, 0.6) is 0 Å². The maximum Gasteiger partial charge on any atom is 0.253 e. The summed E-state index contributed by atoms with van der Waals surface area (Å²) in [5, 5.41) is 0. The minimum Gasteiger partial charge on any atom is -0.373 e. The van der Waals surface area contributed by atoms with Crippen LogP contribution in [-0.2, 0) is 4.74 Å². The van der Waals surface area contributed by atoms with Gasteiger partial charge in [0.15, 0.2) is 0 Å². The molecule has 0 radical (unpaired) electrons. The highest BCUT2D eigenvalue weighted by Gasteiger charge is 2.31. The van der Waals surface area contributed by atoms with Gasteiger partial charge in [0.1, 0.15) is 0 Å². The van der Waals surface area contributed by atoms with Gasteiger partial charge in [0.2, 0.25) is 0 Å². The van der Waals surface area contributed by atoms with Crippen LogP contribution in [0.2, 0.25) is 0 Å². The van der Waals surface area contributed by atoms with E-state index in [0.717, 1.165) is 44.6 Å². The first-order valence-corrected chi connectivity index (χ1v) is 8.37. The number of ether oxygens (including phenoxy) is 1. The summed E-state index contributed by atoms with van der Waals surface area (Å²) < 4.78 is 5.82. The molecule has 2 saturated heterocycles. The largest absolute Gasteiger partial charge is 0.373 e. The molecular formula is C18H26N2O2. The minimum absolute atomic E-state index is 0.169. The van der Waals surface area contributed by atoms with Crippen LogP contribution in [0.15, 0.2) is 30.3 Å². The van der Waals surface area contributed by atoms with Gasteiger partial charge in [0.05, 0.1) is 12.2 Å². The molecule has 1 aromatic rings. The summed E-state index contributed by atoms with van der Waals surface area (Å²) >= 11 is 0. The van der Waals surface area contributed by atoms with E-state index in [1.165, 1.54) is 0 Å². The van der Waals surface area contributed by atoms with Gasteiger partial charge >= 0.3 is 0 Å². The van der Waals surface area contributed by atoms with E-state index < -0.39 is 0 Å². The first-order chi connectivity index (χ1) is 10.6. The van der Waals surface area contributed by atoms with Gasteiger partial charge in [0.25, 0.3) is 5.91 Å². The van der Waals surface area contributed by atoms with E-state index in [9.17, 15) is 4.79 Å². The van der Waals surface area contributed by atoms with Gasteiger partial charge in [-0.15, -0.1) is 0 Å². The standard InChI is InChI=1S/C18H26N2O2/c1-14-12-20(13-15(2)22-14)17-8-10-19(11-9-17)18(21)16-6-4-3-5-7-16/h3-7,14-15,17H,8-13H2,1-2H3/t14-,15-/m1/s1. The lowest BCUT2D eigenvalue weighted by molar-refractivity contribution is -0.0856. The van der Waals surface area contributed by atoms with E-state index >= 15 is 0 Å². The Bertz CT molecular complexity index is 487. The van der Waals surface area contributed by atoms with Crippen LogP contribution in [0.3, 0.4) is 0 Å². The number of carbonyl (C=O) groups excluding carboxylic acids is 1. The van der Waals surface area contributed by atoms with Gasteiger partial charge in [-0.05, 0) is 38.8 Å². The number of benzene rings is 1. The maximum absolute atomic E-state index is 12.5. The van der Waals surface area contributed by atoms with Crippen LogP contribution in [0.25, 0.3) is 0 Å². The molecule has 4 nitrogen and oxygen atoms in total. The summed E-state index contributed by atoms with van der Waals surface area (Å²) in [7, 11) is 0. The van der Waals surface area contributed by atoms with Crippen molar-refractivity contribution in [1.82, 2.24) is 9.80 Å². The molecule has 0 saturated carbocycles. The van der Waals surface area contributed by atoms with Crippen molar-refractivity contribution in [2.75, 3.05) is 26.2 Å². The van der Waals surface area contributed by atoms with Gasteiger partial charge in [0, 0.05) is 37.8 Å². The third-order valence-corrected chi connectivity index (χ3v) is 4.74. The van der Waals surface area contributed by atoms with Crippen molar-refractivity contribution in [3.63, 3.8) is 0 Å². The SMILES string of the molecule is C[C@@H]1CN(C2CCN(C(=O)c3ccccc3)CC2)C[C@@H](C)O1. The maximum atomic E-state index is 12.5. The fourth-order valence-electron chi connectivity index (χ4n) is 3.71. The van der Waals surface area contributed by atoms with Crippen molar-refractivity contribution in [1.29, 1.82) is 0 Å². The first-order valence-electron chi connectivity index (χ1n) is 8.37. The number of amides is 1. The molecule has 4 heteroatoms. The highest BCUT2D eigenvalue weighted by molar-refractivity contribution is 5.94. The first kappa shape index (κ1) is 15.5. The third kappa shape index (κ3) is 3.50. The number of likely N-dealkylation sites (tertiary alicyclic amines) is 1. The lowest BCUT2D eigenvalue weighted by Gasteiger charge is -2.43. The molecule has 1 aromatic carbocycles. The Hall–Kier alpha value is -1.39. The summed E-state index contributed by atoms with van der Waals surface area (Å²) in [5.74, 6) is 0.169. The monoisotopic (exact) mass is 302 g/mol. The average molecular weight is 302 g/mol. The second kappa shape index (κ2) is 6.80. The summed E-state index contributed by atoms with van der Waals surface area (Å²) in [5.41, 5.74) is 0.801. The number of carbonyl (C=O) groups is 1. The Kier molecular flexibility index (Phi) is 4.79. The molecule has 0 unspecified atom stereocenters. The second-order valence-corrected chi connectivity index (χ2v) is 6.60. The number of piperidine rings is 1. The number of hydrogen-bond acceptors (Lipinski definition) is 3. The lowest BCUT2D eigenvalue weighted by atomic mass is 10.0. The normalized spacial score (nSPS) is 27.8. The fourth-order valence-corrected chi connectivity index (χ4v) is 3.71. The van der Waals surface area contributed by atoms with Gasteiger partial charge in [-0.25, -0.2) is 0 Å². The smallest absolute Gasteiger partial charge is 0.253 e. The molecule has 2 atom stereocenters. The molecule has 22 heavy (non-hydrogen) atoms. The second-order valence-electron chi connectivity index (χ2n) is 6.60. The number of morpholine rings is 1. The topological polar surface area (TPSA) is 32.8 Å². The fraction of sp³-hybridized carbons (Fsp3) is 0.611. The van der Waals surface area contributed by atoms with E-state index in [2.05, 4.69) is 18.7 Å². The highest BCUT2D eigenvalue weighted by atomic mass is 16.5. The Morgan fingerprint density at radius 2 is 1.64 bits per heavy atom. The van der Waals surface area contributed by atoms with Crippen LogP contribution < -0.4 is 0 Å². The van der Waals surface area contributed by atoms with Crippen LogP contribution in [0, 0.1) is 0 Å².